The number of nitrogens with zero attached hydrogens (tertiary/aromatic N) is 3. The lowest BCUT2D eigenvalue weighted by molar-refractivity contribution is 0.737. The molecule has 1 aromatic carbocycles. The van der Waals surface area contributed by atoms with Crippen molar-refractivity contribution in [3.8, 4) is 0 Å². The van der Waals surface area contributed by atoms with Crippen LogP contribution in [0.25, 0.3) is 0 Å². The third-order valence-corrected chi connectivity index (χ3v) is 3.41. The molecule has 4 nitrogen and oxygen atoms in total. The standard InChI is InChI=1S/C16H24N4/c1-12-7-14(8-13(2)17)5-6-16(12)19(3)10-15-9-18-20(4)11-15/h5-7,9,11,13H,8,10,17H2,1-4H3. The van der Waals surface area contributed by atoms with E-state index in [2.05, 4.69) is 48.4 Å². The molecule has 1 aromatic heterocycles. The van der Waals surface area contributed by atoms with E-state index in [0.29, 0.717) is 0 Å². The first-order valence-corrected chi connectivity index (χ1v) is 6.99. The monoisotopic (exact) mass is 272 g/mol. The van der Waals surface area contributed by atoms with Crippen molar-refractivity contribution in [3.05, 3.63) is 47.3 Å². The van der Waals surface area contributed by atoms with Gasteiger partial charge in [-0.05, 0) is 37.5 Å². The molecule has 20 heavy (non-hydrogen) atoms. The number of anilines is 1. The largest absolute Gasteiger partial charge is 0.370 e. The maximum absolute atomic E-state index is 5.86. The molecule has 108 valence electrons. The third-order valence-electron chi connectivity index (χ3n) is 3.41. The predicted molar refractivity (Wildman–Crippen MR) is 83.8 cm³/mol. The highest BCUT2D eigenvalue weighted by Crippen LogP contribution is 2.22. The van der Waals surface area contributed by atoms with Crippen LogP contribution in [0.5, 0.6) is 0 Å². The molecule has 0 aliphatic carbocycles. The summed E-state index contributed by atoms with van der Waals surface area (Å²) in [4.78, 5) is 2.25. The van der Waals surface area contributed by atoms with Crippen LogP contribution in [0.4, 0.5) is 5.69 Å². The van der Waals surface area contributed by atoms with Crippen LogP contribution in [0.3, 0.4) is 0 Å². The van der Waals surface area contributed by atoms with Crippen LogP contribution in [0.2, 0.25) is 0 Å². The van der Waals surface area contributed by atoms with E-state index in [9.17, 15) is 0 Å². The normalized spacial score (nSPS) is 12.4. The molecule has 4 heteroatoms. The molecule has 0 aliphatic heterocycles. The Morgan fingerprint density at radius 1 is 1.35 bits per heavy atom. The highest BCUT2D eigenvalue weighted by molar-refractivity contribution is 5.54. The van der Waals surface area contributed by atoms with Crippen LogP contribution < -0.4 is 10.6 Å². The molecule has 2 aromatic rings. The van der Waals surface area contributed by atoms with Crippen molar-refractivity contribution in [1.82, 2.24) is 9.78 Å². The summed E-state index contributed by atoms with van der Waals surface area (Å²) in [5.74, 6) is 0. The second-order valence-electron chi connectivity index (χ2n) is 5.68. The van der Waals surface area contributed by atoms with Gasteiger partial charge in [-0.1, -0.05) is 12.1 Å². The van der Waals surface area contributed by atoms with Crippen molar-refractivity contribution < 1.29 is 0 Å². The second-order valence-corrected chi connectivity index (χ2v) is 5.68. The fourth-order valence-corrected chi connectivity index (χ4v) is 2.56. The van der Waals surface area contributed by atoms with E-state index in [-0.39, 0.29) is 6.04 Å². The van der Waals surface area contributed by atoms with Crippen LogP contribution in [0.1, 0.15) is 23.6 Å². The molecule has 0 amide bonds. The average molecular weight is 272 g/mol. The van der Waals surface area contributed by atoms with Gasteiger partial charge in [0, 0.05) is 44.1 Å². The molecule has 0 saturated heterocycles. The molecule has 2 rings (SSSR count). The first-order chi connectivity index (χ1) is 9.45. The van der Waals surface area contributed by atoms with E-state index in [4.69, 9.17) is 5.73 Å². The lowest BCUT2D eigenvalue weighted by atomic mass is 10.0. The molecule has 2 N–H and O–H groups in total. The number of aryl methyl sites for hydroxylation is 2. The van der Waals surface area contributed by atoms with Gasteiger partial charge in [0.2, 0.25) is 0 Å². The SMILES string of the molecule is Cc1cc(CC(C)N)ccc1N(C)Cc1cnn(C)c1. The molecule has 0 saturated carbocycles. The van der Waals surface area contributed by atoms with Crippen molar-refractivity contribution in [1.29, 1.82) is 0 Å². The summed E-state index contributed by atoms with van der Waals surface area (Å²) in [6.07, 6.45) is 4.89. The Labute approximate surface area is 121 Å². The van der Waals surface area contributed by atoms with Crippen molar-refractivity contribution in [2.45, 2.75) is 32.9 Å². The van der Waals surface area contributed by atoms with E-state index < -0.39 is 0 Å². The van der Waals surface area contributed by atoms with Gasteiger partial charge < -0.3 is 10.6 Å². The average Bonchev–Trinajstić information content (AvgIpc) is 2.73. The van der Waals surface area contributed by atoms with Crippen LogP contribution in [0.15, 0.2) is 30.6 Å². The van der Waals surface area contributed by atoms with E-state index in [1.54, 1.807) is 0 Å². The zero-order valence-electron chi connectivity index (χ0n) is 12.8. The fraction of sp³-hybridized carbons (Fsp3) is 0.438. The summed E-state index contributed by atoms with van der Waals surface area (Å²) < 4.78 is 1.84. The van der Waals surface area contributed by atoms with Crippen molar-refractivity contribution >= 4 is 5.69 Å². The van der Waals surface area contributed by atoms with Gasteiger partial charge >= 0.3 is 0 Å². The Balaban J connectivity index is 2.11. The van der Waals surface area contributed by atoms with Crippen molar-refractivity contribution in [2.75, 3.05) is 11.9 Å². The highest BCUT2D eigenvalue weighted by atomic mass is 15.2. The van der Waals surface area contributed by atoms with E-state index in [1.807, 2.05) is 24.9 Å². The maximum Gasteiger partial charge on any atom is 0.0539 e. The van der Waals surface area contributed by atoms with Crippen molar-refractivity contribution in [3.63, 3.8) is 0 Å². The quantitative estimate of drug-likeness (QED) is 0.908. The Bertz CT molecular complexity index is 572. The number of benzene rings is 1. The summed E-state index contributed by atoms with van der Waals surface area (Å²) >= 11 is 0. The Kier molecular flexibility index (Phi) is 4.45. The Hall–Kier alpha value is -1.81. The first-order valence-electron chi connectivity index (χ1n) is 6.99. The zero-order valence-corrected chi connectivity index (χ0v) is 12.8. The topological polar surface area (TPSA) is 47.1 Å². The molecule has 0 radical (unpaired) electrons. The summed E-state index contributed by atoms with van der Waals surface area (Å²) in [5.41, 5.74) is 10.9. The molecule has 0 aliphatic rings. The summed E-state index contributed by atoms with van der Waals surface area (Å²) in [7, 11) is 4.05. The minimum atomic E-state index is 0.202. The minimum absolute atomic E-state index is 0.202. The highest BCUT2D eigenvalue weighted by Gasteiger charge is 2.08. The molecule has 1 atom stereocenters. The van der Waals surface area contributed by atoms with Crippen LogP contribution in [-0.4, -0.2) is 22.9 Å². The number of hydrogen-bond acceptors (Lipinski definition) is 3. The predicted octanol–water partition coefficient (Wildman–Crippen LogP) is 2.25. The summed E-state index contributed by atoms with van der Waals surface area (Å²) in [6, 6.07) is 6.79. The fourth-order valence-electron chi connectivity index (χ4n) is 2.56. The zero-order chi connectivity index (χ0) is 14.7. The molecule has 1 heterocycles. The smallest absolute Gasteiger partial charge is 0.0539 e. The van der Waals surface area contributed by atoms with Crippen molar-refractivity contribution in [2.24, 2.45) is 12.8 Å². The minimum Gasteiger partial charge on any atom is -0.370 e. The van der Waals surface area contributed by atoms with Crippen LogP contribution in [-0.2, 0) is 20.0 Å². The van der Waals surface area contributed by atoms with E-state index in [1.165, 1.54) is 22.4 Å². The third kappa shape index (κ3) is 3.61. The number of nitrogens with two attached hydrogens (primary N) is 1. The maximum atomic E-state index is 5.86. The van der Waals surface area contributed by atoms with Gasteiger partial charge in [0.15, 0.2) is 0 Å². The molecule has 0 bridgehead atoms. The first kappa shape index (κ1) is 14.6. The van der Waals surface area contributed by atoms with Gasteiger partial charge in [-0.25, -0.2) is 0 Å². The molecule has 0 spiro atoms. The van der Waals surface area contributed by atoms with Gasteiger partial charge in [0.25, 0.3) is 0 Å². The molecular formula is C16H24N4. The van der Waals surface area contributed by atoms with Gasteiger partial charge in [-0.3, -0.25) is 4.68 Å². The van der Waals surface area contributed by atoms with Crippen LogP contribution in [0, 0.1) is 6.92 Å². The van der Waals surface area contributed by atoms with Gasteiger partial charge in [0.1, 0.15) is 0 Å². The Morgan fingerprint density at radius 2 is 2.10 bits per heavy atom. The summed E-state index contributed by atoms with van der Waals surface area (Å²) in [6.45, 7) is 5.05. The second kappa shape index (κ2) is 6.09. The molecular weight excluding hydrogens is 248 g/mol. The number of aromatic nitrogens is 2. The van der Waals surface area contributed by atoms with E-state index in [0.717, 1.165) is 13.0 Å². The lowest BCUT2D eigenvalue weighted by Crippen LogP contribution is -2.19. The van der Waals surface area contributed by atoms with Gasteiger partial charge in [-0.15, -0.1) is 0 Å². The number of rotatable bonds is 5. The molecule has 1 unspecified atom stereocenters. The van der Waals surface area contributed by atoms with Crippen LogP contribution >= 0.6 is 0 Å². The van der Waals surface area contributed by atoms with Gasteiger partial charge in [0.05, 0.1) is 6.20 Å². The lowest BCUT2D eigenvalue weighted by Gasteiger charge is -2.21. The molecule has 0 fully saturated rings. The van der Waals surface area contributed by atoms with E-state index >= 15 is 0 Å². The summed E-state index contributed by atoms with van der Waals surface area (Å²) in [5, 5.41) is 4.21. The number of hydrogen-bond donors (Lipinski definition) is 1. The Morgan fingerprint density at radius 3 is 2.65 bits per heavy atom. The van der Waals surface area contributed by atoms with Gasteiger partial charge in [-0.2, -0.15) is 5.10 Å².